The molecule has 0 fully saturated rings. The van der Waals surface area contributed by atoms with Crippen molar-refractivity contribution in [3.05, 3.63) is 75.0 Å². The van der Waals surface area contributed by atoms with Crippen molar-refractivity contribution >= 4 is 23.6 Å². The largest absolute Gasteiger partial charge is 0.496 e. The van der Waals surface area contributed by atoms with E-state index in [1.165, 1.54) is 25.3 Å². The molecule has 0 N–H and O–H groups in total. The Hall–Kier alpha value is -3.48. The van der Waals surface area contributed by atoms with E-state index in [4.69, 9.17) is 9.47 Å². The van der Waals surface area contributed by atoms with Crippen LogP contribution in [0, 0.1) is 17.0 Å². The van der Waals surface area contributed by atoms with Gasteiger partial charge in [0.05, 0.1) is 17.6 Å². The fourth-order valence-corrected chi connectivity index (χ4v) is 2.32. The van der Waals surface area contributed by atoms with E-state index >= 15 is 0 Å². The van der Waals surface area contributed by atoms with E-state index in [1.807, 2.05) is 31.2 Å². The summed E-state index contributed by atoms with van der Waals surface area (Å²) in [5.41, 5.74) is 2.12. The number of esters is 1. The van der Waals surface area contributed by atoms with Crippen LogP contribution in [0.1, 0.15) is 16.7 Å². The van der Waals surface area contributed by atoms with Gasteiger partial charge in [0.1, 0.15) is 5.75 Å². The van der Waals surface area contributed by atoms with Crippen LogP contribution in [0.2, 0.25) is 0 Å². The van der Waals surface area contributed by atoms with Gasteiger partial charge < -0.3 is 9.47 Å². The highest BCUT2D eigenvalue weighted by Gasteiger charge is 2.27. The third-order valence-electron chi connectivity index (χ3n) is 3.63. The van der Waals surface area contributed by atoms with Crippen LogP contribution in [-0.4, -0.2) is 23.9 Å². The van der Waals surface area contributed by atoms with Crippen molar-refractivity contribution in [2.75, 3.05) is 7.11 Å². The predicted octanol–water partition coefficient (Wildman–Crippen LogP) is 3.26. The fraction of sp³-hybridized carbons (Fsp3) is 0.111. The predicted molar refractivity (Wildman–Crippen MR) is 91.4 cm³/mol. The number of benzene rings is 2. The number of nitrogens with zero attached hydrogens (tertiary/aromatic N) is 2. The average Bonchev–Trinajstić information content (AvgIpc) is 2.96. The van der Waals surface area contributed by atoms with Crippen molar-refractivity contribution in [1.29, 1.82) is 0 Å². The molecular formula is C18H14N2O5. The number of methoxy groups -OCH3 is 1. The highest BCUT2D eigenvalue weighted by atomic mass is 16.6. The van der Waals surface area contributed by atoms with Crippen LogP contribution in [0.3, 0.4) is 0 Å². The first-order valence-corrected chi connectivity index (χ1v) is 7.40. The molecule has 0 spiro atoms. The van der Waals surface area contributed by atoms with Gasteiger partial charge in [0.2, 0.25) is 5.90 Å². The molecule has 3 rings (SSSR count). The van der Waals surface area contributed by atoms with Crippen LogP contribution in [0.4, 0.5) is 5.69 Å². The second kappa shape index (κ2) is 6.56. The molecule has 126 valence electrons. The van der Waals surface area contributed by atoms with E-state index < -0.39 is 10.9 Å². The van der Waals surface area contributed by atoms with Gasteiger partial charge in [0, 0.05) is 12.1 Å². The zero-order chi connectivity index (χ0) is 18.0. The van der Waals surface area contributed by atoms with E-state index in [1.54, 1.807) is 6.08 Å². The maximum Gasteiger partial charge on any atom is 0.363 e. The second-order valence-corrected chi connectivity index (χ2v) is 5.39. The molecular weight excluding hydrogens is 324 g/mol. The van der Waals surface area contributed by atoms with E-state index in [0.717, 1.165) is 11.1 Å². The molecule has 25 heavy (non-hydrogen) atoms. The summed E-state index contributed by atoms with van der Waals surface area (Å²) < 4.78 is 10.4. The molecule has 0 saturated carbocycles. The molecule has 0 amide bonds. The summed E-state index contributed by atoms with van der Waals surface area (Å²) in [6, 6.07) is 11.6. The molecule has 2 aromatic rings. The third-order valence-corrected chi connectivity index (χ3v) is 3.63. The Labute approximate surface area is 143 Å². The SMILES string of the molecule is COc1ccc([N+](=O)[O-])cc1C1=NC(=Cc2ccc(C)cc2)C(=O)O1. The summed E-state index contributed by atoms with van der Waals surface area (Å²) in [4.78, 5) is 26.7. The Kier molecular flexibility index (Phi) is 4.30. The van der Waals surface area contributed by atoms with Gasteiger partial charge in [-0.25, -0.2) is 9.79 Å². The highest BCUT2D eigenvalue weighted by Crippen LogP contribution is 2.28. The minimum atomic E-state index is -0.621. The molecule has 7 nitrogen and oxygen atoms in total. The second-order valence-electron chi connectivity index (χ2n) is 5.39. The van der Waals surface area contributed by atoms with Gasteiger partial charge in [-0.15, -0.1) is 0 Å². The van der Waals surface area contributed by atoms with Crippen molar-refractivity contribution in [1.82, 2.24) is 0 Å². The van der Waals surface area contributed by atoms with E-state index in [0.29, 0.717) is 5.75 Å². The van der Waals surface area contributed by atoms with Crippen LogP contribution in [0.25, 0.3) is 6.08 Å². The van der Waals surface area contributed by atoms with Gasteiger partial charge in [0.15, 0.2) is 5.70 Å². The van der Waals surface area contributed by atoms with Crippen LogP contribution in [0.5, 0.6) is 5.75 Å². The number of nitro benzene ring substituents is 1. The van der Waals surface area contributed by atoms with Crippen molar-refractivity contribution in [3.8, 4) is 5.75 Å². The summed E-state index contributed by atoms with van der Waals surface area (Å²) in [6.07, 6.45) is 1.60. The van der Waals surface area contributed by atoms with Crippen molar-refractivity contribution in [3.63, 3.8) is 0 Å². The molecule has 1 heterocycles. The topological polar surface area (TPSA) is 91.0 Å². The number of carbonyl (C=O) groups is 1. The normalized spacial score (nSPS) is 15.0. The number of rotatable bonds is 4. The lowest BCUT2D eigenvalue weighted by Gasteiger charge is -2.06. The molecule has 0 aliphatic carbocycles. The quantitative estimate of drug-likeness (QED) is 0.369. The van der Waals surface area contributed by atoms with Crippen LogP contribution in [-0.2, 0) is 9.53 Å². The zero-order valence-corrected chi connectivity index (χ0v) is 13.6. The number of non-ortho nitro benzene ring substituents is 1. The lowest BCUT2D eigenvalue weighted by molar-refractivity contribution is -0.384. The van der Waals surface area contributed by atoms with E-state index in [2.05, 4.69) is 4.99 Å². The minimum Gasteiger partial charge on any atom is -0.496 e. The van der Waals surface area contributed by atoms with Crippen molar-refractivity contribution < 1.29 is 19.2 Å². The molecule has 0 unspecified atom stereocenters. The molecule has 0 radical (unpaired) electrons. The van der Waals surface area contributed by atoms with Crippen molar-refractivity contribution in [2.24, 2.45) is 4.99 Å². The standard InChI is InChI=1S/C18H14N2O5/c1-11-3-5-12(6-4-11)9-15-18(21)25-17(19-15)14-10-13(20(22)23)7-8-16(14)24-2/h3-10H,1-2H3. The van der Waals surface area contributed by atoms with Crippen LogP contribution < -0.4 is 4.74 Å². The molecule has 0 atom stereocenters. The number of nitro groups is 1. The Morgan fingerprint density at radius 2 is 1.92 bits per heavy atom. The van der Waals surface area contributed by atoms with Gasteiger partial charge in [0.25, 0.3) is 5.69 Å². The summed E-state index contributed by atoms with van der Waals surface area (Å²) in [5, 5.41) is 11.0. The molecule has 0 saturated heterocycles. The minimum absolute atomic E-state index is 0.0242. The smallest absolute Gasteiger partial charge is 0.363 e. The van der Waals surface area contributed by atoms with Crippen molar-refractivity contribution in [2.45, 2.75) is 6.92 Å². The number of cyclic esters (lactones) is 1. The molecule has 1 aliphatic heterocycles. The average molecular weight is 338 g/mol. The Morgan fingerprint density at radius 3 is 2.56 bits per heavy atom. The summed E-state index contributed by atoms with van der Waals surface area (Å²) in [7, 11) is 1.42. The van der Waals surface area contributed by atoms with E-state index in [-0.39, 0.29) is 22.8 Å². The number of hydrogen-bond acceptors (Lipinski definition) is 6. The number of aryl methyl sites for hydroxylation is 1. The van der Waals surface area contributed by atoms with Gasteiger partial charge in [-0.3, -0.25) is 10.1 Å². The summed E-state index contributed by atoms with van der Waals surface area (Å²) >= 11 is 0. The molecule has 1 aliphatic rings. The lowest BCUT2D eigenvalue weighted by Crippen LogP contribution is -2.07. The summed E-state index contributed by atoms with van der Waals surface area (Å²) in [5.74, 6) is -0.318. The molecule has 2 aromatic carbocycles. The molecule has 7 heteroatoms. The number of hydrogen-bond donors (Lipinski definition) is 0. The summed E-state index contributed by atoms with van der Waals surface area (Å²) in [6.45, 7) is 1.96. The van der Waals surface area contributed by atoms with Gasteiger partial charge >= 0.3 is 5.97 Å². The number of carbonyl (C=O) groups excluding carboxylic acids is 1. The third kappa shape index (κ3) is 3.40. The van der Waals surface area contributed by atoms with Crippen LogP contribution in [0.15, 0.2) is 53.2 Å². The van der Waals surface area contributed by atoms with Gasteiger partial charge in [-0.2, -0.15) is 0 Å². The Balaban J connectivity index is 2.01. The number of aliphatic imine (C=N–C) groups is 1. The monoisotopic (exact) mass is 338 g/mol. The number of ether oxygens (including phenoxy) is 2. The van der Waals surface area contributed by atoms with Gasteiger partial charge in [-0.1, -0.05) is 29.8 Å². The Bertz CT molecular complexity index is 914. The first-order chi connectivity index (χ1) is 12.0. The first-order valence-electron chi connectivity index (χ1n) is 7.40. The van der Waals surface area contributed by atoms with Crippen LogP contribution >= 0.6 is 0 Å². The first kappa shape index (κ1) is 16.4. The maximum absolute atomic E-state index is 12.1. The highest BCUT2D eigenvalue weighted by molar-refractivity contribution is 6.14. The molecule has 0 bridgehead atoms. The van der Waals surface area contributed by atoms with E-state index in [9.17, 15) is 14.9 Å². The molecule has 0 aromatic heterocycles. The zero-order valence-electron chi connectivity index (χ0n) is 13.6. The fourth-order valence-electron chi connectivity index (χ4n) is 2.32. The maximum atomic E-state index is 12.1. The Morgan fingerprint density at radius 1 is 1.20 bits per heavy atom. The van der Waals surface area contributed by atoms with Gasteiger partial charge in [-0.05, 0) is 24.6 Å². The lowest BCUT2D eigenvalue weighted by atomic mass is 10.1.